The Kier molecular flexibility index (Phi) is 2.17. The Labute approximate surface area is 88.3 Å². The third-order valence-electron chi connectivity index (χ3n) is 1.60. The zero-order valence-electron chi connectivity index (χ0n) is 6.57. The highest BCUT2D eigenvalue weighted by molar-refractivity contribution is 14.1. The lowest BCUT2D eigenvalue weighted by Crippen LogP contribution is -1.86. The van der Waals surface area contributed by atoms with Crippen molar-refractivity contribution in [2.75, 3.05) is 5.73 Å². The maximum Gasteiger partial charge on any atom is 0.182 e. The van der Waals surface area contributed by atoms with Gasteiger partial charge in [-0.3, -0.25) is 4.98 Å². The molecule has 5 heteroatoms. The summed E-state index contributed by atoms with van der Waals surface area (Å²) >= 11 is 2.10. The molecule has 2 rings (SSSR count). The maximum absolute atomic E-state index is 5.55. The van der Waals surface area contributed by atoms with Crippen LogP contribution >= 0.6 is 22.6 Å². The predicted octanol–water partition coefficient (Wildman–Crippen LogP) is 1.92. The number of anilines is 1. The molecular weight excluding hydrogens is 281 g/mol. The standard InChI is InChI=1S/C8H6IN3O/c9-6-7(13-12-8(6)10)5-1-3-11-4-2-5/h1-4H,(H2,10,12). The number of nitrogens with zero attached hydrogens (tertiary/aromatic N) is 2. The zero-order valence-corrected chi connectivity index (χ0v) is 8.72. The molecule has 0 atom stereocenters. The summed E-state index contributed by atoms with van der Waals surface area (Å²) in [5.41, 5.74) is 6.48. The van der Waals surface area contributed by atoms with Crippen LogP contribution in [-0.4, -0.2) is 10.1 Å². The Hall–Kier alpha value is -1.11. The topological polar surface area (TPSA) is 64.9 Å². The molecule has 2 N–H and O–H groups in total. The summed E-state index contributed by atoms with van der Waals surface area (Å²) in [5, 5.41) is 3.67. The van der Waals surface area contributed by atoms with Gasteiger partial charge in [0.1, 0.15) is 3.57 Å². The highest BCUT2D eigenvalue weighted by atomic mass is 127. The first-order valence-electron chi connectivity index (χ1n) is 3.60. The molecule has 0 radical (unpaired) electrons. The lowest BCUT2D eigenvalue weighted by Gasteiger charge is -1.93. The molecule has 0 aliphatic heterocycles. The van der Waals surface area contributed by atoms with Gasteiger partial charge in [-0.2, -0.15) is 0 Å². The van der Waals surface area contributed by atoms with Crippen LogP contribution in [0.5, 0.6) is 0 Å². The third kappa shape index (κ3) is 1.51. The van der Waals surface area contributed by atoms with E-state index in [-0.39, 0.29) is 0 Å². The highest BCUT2D eigenvalue weighted by Gasteiger charge is 2.11. The summed E-state index contributed by atoms with van der Waals surface area (Å²) < 4.78 is 5.91. The fraction of sp³-hybridized carbons (Fsp3) is 0. The van der Waals surface area contributed by atoms with Gasteiger partial charge in [0.2, 0.25) is 0 Å². The first-order chi connectivity index (χ1) is 6.29. The van der Waals surface area contributed by atoms with E-state index in [1.165, 1.54) is 0 Å². The Morgan fingerprint density at radius 3 is 2.54 bits per heavy atom. The van der Waals surface area contributed by atoms with Crippen LogP contribution in [0.15, 0.2) is 29.0 Å². The first-order valence-corrected chi connectivity index (χ1v) is 4.68. The predicted molar refractivity (Wildman–Crippen MR) is 56.9 cm³/mol. The van der Waals surface area contributed by atoms with E-state index in [0.717, 1.165) is 9.13 Å². The molecule has 66 valence electrons. The molecule has 0 amide bonds. The second-order valence-corrected chi connectivity index (χ2v) is 3.53. The molecule has 4 nitrogen and oxygen atoms in total. The van der Waals surface area contributed by atoms with Gasteiger partial charge in [0.15, 0.2) is 11.6 Å². The van der Waals surface area contributed by atoms with E-state index in [1.807, 2.05) is 12.1 Å². The van der Waals surface area contributed by atoms with Crippen molar-refractivity contribution in [1.29, 1.82) is 0 Å². The van der Waals surface area contributed by atoms with E-state index in [1.54, 1.807) is 12.4 Å². The van der Waals surface area contributed by atoms with Crippen molar-refractivity contribution >= 4 is 28.4 Å². The molecule has 2 heterocycles. The van der Waals surface area contributed by atoms with Crippen molar-refractivity contribution in [3.8, 4) is 11.3 Å². The van der Waals surface area contributed by atoms with E-state index in [2.05, 4.69) is 32.7 Å². The molecule has 0 saturated heterocycles. The van der Waals surface area contributed by atoms with Crippen LogP contribution in [0.1, 0.15) is 0 Å². The SMILES string of the molecule is Nc1noc(-c2ccncc2)c1I. The van der Waals surface area contributed by atoms with Gasteiger partial charge in [-0.25, -0.2) is 0 Å². The van der Waals surface area contributed by atoms with E-state index in [4.69, 9.17) is 10.3 Å². The smallest absolute Gasteiger partial charge is 0.182 e. The van der Waals surface area contributed by atoms with Crippen molar-refractivity contribution < 1.29 is 4.52 Å². The monoisotopic (exact) mass is 287 g/mol. The van der Waals surface area contributed by atoms with Crippen molar-refractivity contribution in [1.82, 2.24) is 10.1 Å². The normalized spacial score (nSPS) is 10.2. The molecule has 0 unspecified atom stereocenters. The van der Waals surface area contributed by atoms with Crippen LogP contribution < -0.4 is 5.73 Å². The number of halogens is 1. The second-order valence-electron chi connectivity index (χ2n) is 2.45. The van der Waals surface area contributed by atoms with Crippen molar-refractivity contribution in [3.05, 3.63) is 28.1 Å². The molecule has 2 aromatic rings. The summed E-state index contributed by atoms with van der Waals surface area (Å²) in [7, 11) is 0. The van der Waals surface area contributed by atoms with Gasteiger partial charge >= 0.3 is 0 Å². The number of hydrogen-bond donors (Lipinski definition) is 1. The lowest BCUT2D eigenvalue weighted by molar-refractivity contribution is 0.435. The minimum absolute atomic E-state index is 0.424. The van der Waals surface area contributed by atoms with Crippen LogP contribution in [0.3, 0.4) is 0 Å². The Morgan fingerprint density at radius 2 is 2.00 bits per heavy atom. The number of pyridine rings is 1. The number of nitrogens with two attached hydrogens (primary N) is 1. The van der Waals surface area contributed by atoms with Gasteiger partial charge in [-0.05, 0) is 34.7 Å². The van der Waals surface area contributed by atoms with Crippen molar-refractivity contribution in [2.45, 2.75) is 0 Å². The second kappa shape index (κ2) is 3.33. The van der Waals surface area contributed by atoms with E-state index < -0.39 is 0 Å². The first kappa shape index (κ1) is 8.49. The minimum atomic E-state index is 0.424. The van der Waals surface area contributed by atoms with Crippen LogP contribution in [0.25, 0.3) is 11.3 Å². The molecule has 0 fully saturated rings. The molecule has 0 aliphatic rings. The van der Waals surface area contributed by atoms with Gasteiger partial charge in [0.25, 0.3) is 0 Å². The maximum atomic E-state index is 5.55. The van der Waals surface area contributed by atoms with Gasteiger partial charge in [0.05, 0.1) is 0 Å². The van der Waals surface area contributed by atoms with Crippen LogP contribution in [-0.2, 0) is 0 Å². The summed E-state index contributed by atoms with van der Waals surface area (Å²) in [5.74, 6) is 1.12. The Morgan fingerprint density at radius 1 is 1.31 bits per heavy atom. The van der Waals surface area contributed by atoms with Gasteiger partial charge in [0, 0.05) is 18.0 Å². The molecule has 0 aliphatic carbocycles. The minimum Gasteiger partial charge on any atom is -0.380 e. The summed E-state index contributed by atoms with van der Waals surface area (Å²) in [6.45, 7) is 0. The highest BCUT2D eigenvalue weighted by Crippen LogP contribution is 2.28. The molecule has 0 bridgehead atoms. The van der Waals surface area contributed by atoms with Crippen molar-refractivity contribution in [3.63, 3.8) is 0 Å². The van der Waals surface area contributed by atoms with E-state index in [9.17, 15) is 0 Å². The van der Waals surface area contributed by atoms with E-state index in [0.29, 0.717) is 11.6 Å². The molecule has 0 saturated carbocycles. The van der Waals surface area contributed by atoms with Crippen LogP contribution in [0, 0.1) is 3.57 Å². The quantitative estimate of drug-likeness (QED) is 0.814. The van der Waals surface area contributed by atoms with Crippen molar-refractivity contribution in [2.24, 2.45) is 0 Å². The Balaban J connectivity index is 2.53. The Bertz CT molecular complexity index is 413. The average Bonchev–Trinajstić information content (AvgIpc) is 2.49. The number of aromatic nitrogens is 2. The molecular formula is C8H6IN3O. The summed E-state index contributed by atoms with van der Waals surface area (Å²) in [6.07, 6.45) is 3.40. The average molecular weight is 287 g/mol. The number of hydrogen-bond acceptors (Lipinski definition) is 4. The fourth-order valence-corrected chi connectivity index (χ4v) is 1.48. The number of rotatable bonds is 1. The third-order valence-corrected chi connectivity index (χ3v) is 2.64. The van der Waals surface area contributed by atoms with E-state index >= 15 is 0 Å². The molecule has 13 heavy (non-hydrogen) atoms. The molecule has 0 spiro atoms. The lowest BCUT2D eigenvalue weighted by atomic mass is 10.2. The zero-order chi connectivity index (χ0) is 9.26. The van der Waals surface area contributed by atoms with Gasteiger partial charge in [-0.15, -0.1) is 0 Å². The van der Waals surface area contributed by atoms with Crippen LogP contribution in [0.2, 0.25) is 0 Å². The fourth-order valence-electron chi connectivity index (χ4n) is 0.974. The summed E-state index contributed by atoms with van der Waals surface area (Å²) in [4.78, 5) is 3.91. The largest absolute Gasteiger partial charge is 0.380 e. The van der Waals surface area contributed by atoms with Gasteiger partial charge in [-0.1, -0.05) is 5.16 Å². The van der Waals surface area contributed by atoms with Crippen LogP contribution in [0.4, 0.5) is 5.82 Å². The number of nitrogen functional groups attached to an aromatic ring is 1. The van der Waals surface area contributed by atoms with Gasteiger partial charge < -0.3 is 10.3 Å². The molecule has 2 aromatic heterocycles. The molecule has 0 aromatic carbocycles. The summed E-state index contributed by atoms with van der Waals surface area (Å²) in [6, 6.07) is 3.70.